The molecule has 0 bridgehead atoms. The van der Waals surface area contributed by atoms with Crippen molar-refractivity contribution in [3.63, 3.8) is 0 Å². The molecule has 0 saturated heterocycles. The summed E-state index contributed by atoms with van der Waals surface area (Å²) in [7, 11) is 0. The van der Waals surface area contributed by atoms with Gasteiger partial charge in [0.2, 0.25) is 0 Å². The molecule has 0 saturated carbocycles. The summed E-state index contributed by atoms with van der Waals surface area (Å²) in [6.07, 6.45) is 2.97. The summed E-state index contributed by atoms with van der Waals surface area (Å²) >= 11 is 0.433. The summed E-state index contributed by atoms with van der Waals surface area (Å²) in [4.78, 5) is 16.1. The Morgan fingerprint density at radius 1 is 1.45 bits per heavy atom. The van der Waals surface area contributed by atoms with Crippen LogP contribution in [0.2, 0.25) is 0 Å². The number of thioether (sulfide) groups is 1. The number of halogens is 2. The number of hydrogen-bond acceptors (Lipinski definition) is 4. The Kier molecular flexibility index (Phi) is 5.70. The van der Waals surface area contributed by atoms with Gasteiger partial charge in [-0.25, -0.2) is 9.78 Å². The van der Waals surface area contributed by atoms with E-state index in [2.05, 4.69) is 20.7 Å². The maximum absolute atomic E-state index is 12.3. The number of carbonyl (C=O) groups is 1. The molecule has 0 aliphatic heterocycles. The molecular formula is C13H15F2N5OS. The van der Waals surface area contributed by atoms with Crippen molar-refractivity contribution >= 4 is 23.5 Å². The van der Waals surface area contributed by atoms with Crippen molar-refractivity contribution in [2.24, 2.45) is 0 Å². The molecule has 0 aliphatic rings. The van der Waals surface area contributed by atoms with Gasteiger partial charge in [-0.1, -0.05) is 17.8 Å². The van der Waals surface area contributed by atoms with Crippen molar-refractivity contribution in [2.45, 2.75) is 30.2 Å². The number of carbonyl (C=O) groups excluding carboxylic acids is 1. The highest BCUT2D eigenvalue weighted by Gasteiger charge is 2.10. The lowest BCUT2D eigenvalue weighted by atomic mass is 10.3. The Morgan fingerprint density at radius 2 is 2.27 bits per heavy atom. The summed E-state index contributed by atoms with van der Waals surface area (Å²) in [5.74, 6) is -2.49. The van der Waals surface area contributed by atoms with Crippen LogP contribution >= 0.6 is 11.8 Å². The predicted molar refractivity (Wildman–Crippen MR) is 79.9 cm³/mol. The molecule has 9 heteroatoms. The first-order valence-corrected chi connectivity index (χ1v) is 7.35. The van der Waals surface area contributed by atoms with Gasteiger partial charge in [0.05, 0.1) is 6.54 Å². The third-order valence-corrected chi connectivity index (χ3v) is 3.33. The molecule has 1 heterocycles. The van der Waals surface area contributed by atoms with E-state index < -0.39 is 11.8 Å². The Balaban J connectivity index is 1.86. The zero-order valence-corrected chi connectivity index (χ0v) is 12.6. The fourth-order valence-corrected chi connectivity index (χ4v) is 2.35. The number of amides is 2. The average Bonchev–Trinajstić information content (AvgIpc) is 2.90. The average molecular weight is 327 g/mol. The van der Waals surface area contributed by atoms with Gasteiger partial charge in [0.25, 0.3) is 5.76 Å². The molecule has 1 atom stereocenters. The summed E-state index contributed by atoms with van der Waals surface area (Å²) in [6, 6.07) is 5.73. The van der Waals surface area contributed by atoms with Gasteiger partial charge >= 0.3 is 6.03 Å². The third kappa shape index (κ3) is 5.32. The second kappa shape index (κ2) is 7.74. The molecule has 2 amide bonds. The quantitative estimate of drug-likeness (QED) is 0.800. The van der Waals surface area contributed by atoms with E-state index in [4.69, 9.17) is 0 Å². The van der Waals surface area contributed by atoms with E-state index in [9.17, 15) is 13.6 Å². The van der Waals surface area contributed by atoms with Crippen molar-refractivity contribution in [3.8, 4) is 0 Å². The Hall–Kier alpha value is -2.16. The van der Waals surface area contributed by atoms with Crippen LogP contribution in [-0.4, -0.2) is 32.6 Å². The normalized spacial score (nSPS) is 12.2. The van der Waals surface area contributed by atoms with Crippen LogP contribution in [0.25, 0.3) is 0 Å². The first kappa shape index (κ1) is 16.2. The number of anilines is 1. The standard InChI is InChI=1S/C13H15F2N5OS/c1-9(6-20-8-16-7-17-20)18-13(21)19-10-3-2-4-11(5-10)22-12(14)15/h2-5,7-9,12H,6H2,1H3,(H2,18,19,21)/t9-/m1/s1. The van der Waals surface area contributed by atoms with Crippen molar-refractivity contribution in [2.75, 3.05) is 5.32 Å². The van der Waals surface area contributed by atoms with E-state index in [0.717, 1.165) is 0 Å². The first-order valence-electron chi connectivity index (χ1n) is 6.48. The van der Waals surface area contributed by atoms with Crippen LogP contribution in [0.5, 0.6) is 0 Å². The van der Waals surface area contributed by atoms with E-state index in [0.29, 0.717) is 28.9 Å². The van der Waals surface area contributed by atoms with Gasteiger partial charge in [-0.2, -0.15) is 13.9 Å². The van der Waals surface area contributed by atoms with E-state index in [1.807, 2.05) is 6.92 Å². The molecule has 2 rings (SSSR count). The Morgan fingerprint density at radius 3 is 2.95 bits per heavy atom. The van der Waals surface area contributed by atoms with Crippen LogP contribution in [0.3, 0.4) is 0 Å². The number of hydrogen-bond donors (Lipinski definition) is 2. The largest absolute Gasteiger partial charge is 0.334 e. The zero-order valence-electron chi connectivity index (χ0n) is 11.7. The fraction of sp³-hybridized carbons (Fsp3) is 0.308. The highest BCUT2D eigenvalue weighted by Crippen LogP contribution is 2.27. The fourth-order valence-electron chi connectivity index (χ4n) is 1.79. The number of urea groups is 1. The predicted octanol–water partition coefficient (Wildman–Crippen LogP) is 2.80. The first-order chi connectivity index (χ1) is 10.5. The molecule has 1 aromatic heterocycles. The van der Waals surface area contributed by atoms with Crippen LogP contribution in [0.1, 0.15) is 6.92 Å². The molecule has 22 heavy (non-hydrogen) atoms. The molecule has 1 aromatic carbocycles. The lowest BCUT2D eigenvalue weighted by Gasteiger charge is -2.14. The Bertz CT molecular complexity index is 608. The van der Waals surface area contributed by atoms with Gasteiger partial charge in [-0.15, -0.1) is 0 Å². The van der Waals surface area contributed by atoms with Crippen LogP contribution in [0.15, 0.2) is 41.8 Å². The highest BCUT2D eigenvalue weighted by molar-refractivity contribution is 7.99. The molecule has 0 aliphatic carbocycles. The van der Waals surface area contributed by atoms with E-state index >= 15 is 0 Å². The van der Waals surface area contributed by atoms with E-state index in [1.165, 1.54) is 12.4 Å². The van der Waals surface area contributed by atoms with Crippen LogP contribution in [-0.2, 0) is 6.54 Å². The van der Waals surface area contributed by atoms with Crippen molar-refractivity contribution < 1.29 is 13.6 Å². The summed E-state index contributed by atoms with van der Waals surface area (Å²) in [5.41, 5.74) is 0.455. The SMILES string of the molecule is C[C@H](Cn1cncn1)NC(=O)Nc1cccc(SC(F)F)c1. The zero-order chi connectivity index (χ0) is 15.9. The molecular weight excluding hydrogens is 312 g/mol. The lowest BCUT2D eigenvalue weighted by Crippen LogP contribution is -2.38. The molecule has 6 nitrogen and oxygen atoms in total. The maximum atomic E-state index is 12.3. The summed E-state index contributed by atoms with van der Waals surface area (Å²) in [6.45, 7) is 2.30. The van der Waals surface area contributed by atoms with Crippen molar-refractivity contribution in [1.82, 2.24) is 20.1 Å². The van der Waals surface area contributed by atoms with Crippen molar-refractivity contribution in [3.05, 3.63) is 36.9 Å². The van der Waals surface area contributed by atoms with Crippen LogP contribution in [0.4, 0.5) is 19.3 Å². The van der Waals surface area contributed by atoms with Crippen molar-refractivity contribution in [1.29, 1.82) is 0 Å². The molecule has 2 aromatic rings. The number of nitrogens with zero attached hydrogens (tertiary/aromatic N) is 3. The molecule has 0 unspecified atom stereocenters. The Labute approximate surface area is 130 Å². The minimum Gasteiger partial charge on any atom is -0.334 e. The summed E-state index contributed by atoms with van der Waals surface area (Å²) in [5, 5.41) is 9.29. The minimum atomic E-state index is -2.49. The molecule has 2 N–H and O–H groups in total. The molecule has 0 fully saturated rings. The van der Waals surface area contributed by atoms with Gasteiger partial charge in [0.1, 0.15) is 12.7 Å². The third-order valence-electron chi connectivity index (χ3n) is 2.62. The van der Waals surface area contributed by atoms with Gasteiger partial charge < -0.3 is 10.6 Å². The number of nitrogens with one attached hydrogen (secondary N) is 2. The lowest BCUT2D eigenvalue weighted by molar-refractivity contribution is 0.247. The second-order valence-corrected chi connectivity index (χ2v) is 5.59. The topological polar surface area (TPSA) is 71.8 Å². The van der Waals surface area contributed by atoms with Crippen LogP contribution < -0.4 is 10.6 Å². The summed E-state index contributed by atoms with van der Waals surface area (Å²) < 4.78 is 26.2. The molecule has 0 radical (unpaired) electrons. The minimum absolute atomic E-state index is 0.166. The van der Waals surface area contributed by atoms with Gasteiger partial charge in [-0.3, -0.25) is 4.68 Å². The van der Waals surface area contributed by atoms with Gasteiger partial charge in [-0.05, 0) is 25.1 Å². The van der Waals surface area contributed by atoms with Gasteiger partial charge in [0.15, 0.2) is 0 Å². The number of alkyl halides is 2. The second-order valence-electron chi connectivity index (χ2n) is 4.52. The number of rotatable bonds is 6. The number of benzene rings is 1. The molecule has 0 spiro atoms. The smallest absolute Gasteiger partial charge is 0.319 e. The van der Waals surface area contributed by atoms with E-state index in [1.54, 1.807) is 29.2 Å². The number of aromatic nitrogens is 3. The monoisotopic (exact) mass is 327 g/mol. The van der Waals surface area contributed by atoms with Gasteiger partial charge in [0, 0.05) is 16.6 Å². The highest BCUT2D eigenvalue weighted by atomic mass is 32.2. The maximum Gasteiger partial charge on any atom is 0.319 e. The van der Waals surface area contributed by atoms with E-state index in [-0.39, 0.29) is 6.04 Å². The van der Waals surface area contributed by atoms with Crippen LogP contribution in [0, 0.1) is 0 Å². The molecule has 118 valence electrons.